The minimum Gasteiger partial charge on any atom is -0.311 e. The summed E-state index contributed by atoms with van der Waals surface area (Å²) >= 11 is 1.85. The molecule has 20 heavy (non-hydrogen) atoms. The van der Waals surface area contributed by atoms with Crippen molar-refractivity contribution in [2.75, 3.05) is 12.3 Å². The minimum atomic E-state index is 0.788. The van der Waals surface area contributed by atoms with Gasteiger partial charge in [0.05, 0.1) is 5.69 Å². The number of nitrogens with zero attached hydrogens (tertiary/aromatic N) is 2. The van der Waals surface area contributed by atoms with Crippen LogP contribution in [0.2, 0.25) is 0 Å². The van der Waals surface area contributed by atoms with Crippen LogP contribution in [0.25, 0.3) is 11.4 Å². The molecule has 2 aromatic rings. The lowest BCUT2D eigenvalue weighted by molar-refractivity contribution is 0.708. The zero-order valence-electron chi connectivity index (χ0n) is 12.3. The summed E-state index contributed by atoms with van der Waals surface area (Å²) in [5.74, 6) is 1.90. The van der Waals surface area contributed by atoms with Crippen molar-refractivity contribution < 1.29 is 0 Å². The lowest BCUT2D eigenvalue weighted by atomic mass is 10.2. The second kappa shape index (κ2) is 7.41. The van der Waals surface area contributed by atoms with Crippen LogP contribution in [-0.2, 0) is 6.54 Å². The molecule has 0 amide bonds. The van der Waals surface area contributed by atoms with E-state index in [1.165, 1.54) is 4.90 Å². The zero-order valence-corrected chi connectivity index (χ0v) is 13.1. The predicted molar refractivity (Wildman–Crippen MR) is 86.0 cm³/mol. The Kier molecular flexibility index (Phi) is 5.56. The van der Waals surface area contributed by atoms with Crippen molar-refractivity contribution in [1.29, 1.82) is 0 Å². The normalized spacial score (nSPS) is 10.8. The molecule has 1 N–H and O–H groups in total. The summed E-state index contributed by atoms with van der Waals surface area (Å²) in [6, 6.07) is 10.5. The molecule has 0 aliphatic carbocycles. The summed E-state index contributed by atoms with van der Waals surface area (Å²) < 4.78 is 0. The standard InChI is InChI=1S/C16H21N3S/c1-4-17-11-14-10-12(3)18-16(19-14)13-6-8-15(9-7-13)20-5-2/h6-10,17H,4-5,11H2,1-3H3. The fourth-order valence-electron chi connectivity index (χ4n) is 1.97. The minimum absolute atomic E-state index is 0.788. The molecule has 0 bridgehead atoms. The molecule has 1 aromatic heterocycles. The molecule has 0 saturated carbocycles. The maximum Gasteiger partial charge on any atom is 0.159 e. The van der Waals surface area contributed by atoms with E-state index in [0.29, 0.717) is 0 Å². The molecule has 106 valence electrons. The van der Waals surface area contributed by atoms with Gasteiger partial charge in [0.25, 0.3) is 0 Å². The van der Waals surface area contributed by atoms with E-state index in [1.807, 2.05) is 24.8 Å². The molecule has 0 aliphatic rings. The van der Waals surface area contributed by atoms with Crippen molar-refractivity contribution in [3.8, 4) is 11.4 Å². The van der Waals surface area contributed by atoms with Gasteiger partial charge in [-0.1, -0.05) is 26.0 Å². The van der Waals surface area contributed by atoms with Gasteiger partial charge in [-0.2, -0.15) is 0 Å². The number of hydrogen-bond donors (Lipinski definition) is 1. The highest BCUT2D eigenvalue weighted by Gasteiger charge is 2.05. The molecule has 0 unspecified atom stereocenters. The number of aromatic nitrogens is 2. The maximum atomic E-state index is 4.64. The van der Waals surface area contributed by atoms with Crippen LogP contribution in [0.15, 0.2) is 35.2 Å². The van der Waals surface area contributed by atoms with Gasteiger partial charge in [0.15, 0.2) is 5.82 Å². The molecule has 0 radical (unpaired) electrons. The van der Waals surface area contributed by atoms with Gasteiger partial charge in [-0.15, -0.1) is 11.8 Å². The van der Waals surface area contributed by atoms with Gasteiger partial charge in [0.1, 0.15) is 0 Å². The highest BCUT2D eigenvalue weighted by Crippen LogP contribution is 2.22. The molecule has 1 heterocycles. The Morgan fingerprint density at radius 1 is 1.10 bits per heavy atom. The van der Waals surface area contributed by atoms with Crippen LogP contribution in [-0.4, -0.2) is 22.3 Å². The van der Waals surface area contributed by atoms with Gasteiger partial charge in [-0.25, -0.2) is 9.97 Å². The first-order valence-electron chi connectivity index (χ1n) is 7.01. The largest absolute Gasteiger partial charge is 0.311 e. The highest BCUT2D eigenvalue weighted by atomic mass is 32.2. The molecule has 4 heteroatoms. The van der Waals surface area contributed by atoms with Crippen molar-refractivity contribution in [3.05, 3.63) is 41.7 Å². The van der Waals surface area contributed by atoms with Crippen molar-refractivity contribution in [1.82, 2.24) is 15.3 Å². The molecule has 0 saturated heterocycles. The molecule has 0 fully saturated rings. The van der Waals surface area contributed by atoms with E-state index in [0.717, 1.165) is 41.6 Å². The summed E-state index contributed by atoms with van der Waals surface area (Å²) in [4.78, 5) is 10.5. The predicted octanol–water partition coefficient (Wildman–Crippen LogP) is 3.67. The summed E-state index contributed by atoms with van der Waals surface area (Å²) in [7, 11) is 0. The van der Waals surface area contributed by atoms with E-state index in [9.17, 15) is 0 Å². The van der Waals surface area contributed by atoms with Crippen LogP contribution < -0.4 is 5.32 Å². The average Bonchev–Trinajstić information content (AvgIpc) is 2.46. The smallest absolute Gasteiger partial charge is 0.159 e. The first-order valence-corrected chi connectivity index (χ1v) is 8.00. The van der Waals surface area contributed by atoms with Crippen molar-refractivity contribution >= 4 is 11.8 Å². The Labute approximate surface area is 125 Å². The van der Waals surface area contributed by atoms with Crippen molar-refractivity contribution in [2.24, 2.45) is 0 Å². The maximum absolute atomic E-state index is 4.64. The summed E-state index contributed by atoms with van der Waals surface area (Å²) in [5.41, 5.74) is 3.13. The van der Waals surface area contributed by atoms with E-state index >= 15 is 0 Å². The van der Waals surface area contributed by atoms with Gasteiger partial charge >= 0.3 is 0 Å². The number of nitrogens with one attached hydrogen (secondary N) is 1. The fourth-order valence-corrected chi connectivity index (χ4v) is 2.64. The third kappa shape index (κ3) is 4.05. The topological polar surface area (TPSA) is 37.8 Å². The fraction of sp³-hybridized carbons (Fsp3) is 0.375. The van der Waals surface area contributed by atoms with Crippen LogP contribution in [0.3, 0.4) is 0 Å². The lowest BCUT2D eigenvalue weighted by Gasteiger charge is -2.07. The molecule has 0 atom stereocenters. The van der Waals surface area contributed by atoms with Crippen LogP contribution in [0, 0.1) is 6.92 Å². The number of aryl methyl sites for hydroxylation is 1. The van der Waals surface area contributed by atoms with Gasteiger partial charge in [0, 0.05) is 22.7 Å². The molecule has 2 rings (SSSR count). The third-order valence-electron chi connectivity index (χ3n) is 2.89. The Morgan fingerprint density at radius 2 is 1.85 bits per heavy atom. The Balaban J connectivity index is 2.24. The SMILES string of the molecule is CCNCc1cc(C)nc(-c2ccc(SCC)cc2)n1. The lowest BCUT2D eigenvalue weighted by Crippen LogP contribution is -2.13. The van der Waals surface area contributed by atoms with Crippen LogP contribution in [0.5, 0.6) is 0 Å². The molecule has 0 aliphatic heterocycles. The number of hydrogen-bond acceptors (Lipinski definition) is 4. The molecule has 3 nitrogen and oxygen atoms in total. The first-order chi connectivity index (χ1) is 9.72. The molecule has 0 spiro atoms. The van der Waals surface area contributed by atoms with E-state index < -0.39 is 0 Å². The second-order valence-electron chi connectivity index (χ2n) is 4.56. The number of rotatable bonds is 6. The Bertz CT molecular complexity index is 552. The average molecular weight is 287 g/mol. The van der Waals surface area contributed by atoms with Crippen LogP contribution in [0.1, 0.15) is 25.2 Å². The number of thioether (sulfide) groups is 1. The number of benzene rings is 1. The molecular weight excluding hydrogens is 266 g/mol. The van der Waals surface area contributed by atoms with Gasteiger partial charge in [-0.05, 0) is 37.4 Å². The van der Waals surface area contributed by atoms with Crippen molar-refractivity contribution in [3.63, 3.8) is 0 Å². The van der Waals surface area contributed by atoms with E-state index in [4.69, 9.17) is 0 Å². The second-order valence-corrected chi connectivity index (χ2v) is 5.90. The Hall–Kier alpha value is -1.39. The molecular formula is C16H21N3S. The monoisotopic (exact) mass is 287 g/mol. The van der Waals surface area contributed by atoms with E-state index in [2.05, 4.69) is 53.4 Å². The van der Waals surface area contributed by atoms with Crippen LogP contribution in [0.4, 0.5) is 0 Å². The van der Waals surface area contributed by atoms with E-state index in [-0.39, 0.29) is 0 Å². The highest BCUT2D eigenvalue weighted by molar-refractivity contribution is 7.99. The van der Waals surface area contributed by atoms with Crippen molar-refractivity contribution in [2.45, 2.75) is 32.2 Å². The first kappa shape index (κ1) is 15.0. The van der Waals surface area contributed by atoms with Gasteiger partial charge < -0.3 is 5.32 Å². The summed E-state index contributed by atoms with van der Waals surface area (Å²) in [6.07, 6.45) is 0. The zero-order chi connectivity index (χ0) is 14.4. The van der Waals surface area contributed by atoms with Gasteiger partial charge in [0.2, 0.25) is 0 Å². The summed E-state index contributed by atoms with van der Waals surface area (Å²) in [6.45, 7) is 8.01. The third-order valence-corrected chi connectivity index (χ3v) is 3.78. The quantitative estimate of drug-likeness (QED) is 0.823. The summed E-state index contributed by atoms with van der Waals surface area (Å²) in [5, 5.41) is 3.30. The van der Waals surface area contributed by atoms with E-state index in [1.54, 1.807) is 0 Å². The van der Waals surface area contributed by atoms with Crippen LogP contribution >= 0.6 is 11.8 Å². The molecule has 1 aromatic carbocycles. The Morgan fingerprint density at radius 3 is 2.50 bits per heavy atom. The van der Waals surface area contributed by atoms with Gasteiger partial charge in [-0.3, -0.25) is 0 Å².